The molecule has 1 rings (SSSR count). The van der Waals surface area contributed by atoms with Gasteiger partial charge in [-0.25, -0.2) is 0 Å². The summed E-state index contributed by atoms with van der Waals surface area (Å²) in [4.78, 5) is 4.52. The summed E-state index contributed by atoms with van der Waals surface area (Å²) >= 11 is 0. The molecule has 4 nitrogen and oxygen atoms in total. The fourth-order valence-corrected chi connectivity index (χ4v) is 1.77. The highest BCUT2D eigenvalue weighted by molar-refractivity contribution is 4.81. The Balaban J connectivity index is 2.25. The highest BCUT2D eigenvalue weighted by atomic mass is 16.3. The first-order valence-electron chi connectivity index (χ1n) is 4.90. The predicted octanol–water partition coefficient (Wildman–Crippen LogP) is -1.06. The van der Waals surface area contributed by atoms with Crippen molar-refractivity contribution in [2.75, 3.05) is 40.3 Å². The van der Waals surface area contributed by atoms with E-state index in [1.54, 1.807) is 0 Å². The zero-order valence-electron chi connectivity index (χ0n) is 8.61. The van der Waals surface area contributed by atoms with Crippen LogP contribution in [0.15, 0.2) is 0 Å². The molecule has 13 heavy (non-hydrogen) atoms. The van der Waals surface area contributed by atoms with E-state index in [-0.39, 0.29) is 6.10 Å². The topological polar surface area (TPSA) is 52.7 Å². The van der Waals surface area contributed by atoms with Gasteiger partial charge in [0.15, 0.2) is 0 Å². The Hall–Kier alpha value is -0.160. The normalized spacial score (nSPS) is 27.0. The van der Waals surface area contributed by atoms with Crippen molar-refractivity contribution >= 4 is 0 Å². The van der Waals surface area contributed by atoms with Gasteiger partial charge in [-0.1, -0.05) is 0 Å². The molecule has 0 radical (unpaired) electrons. The molecule has 2 atom stereocenters. The number of likely N-dealkylation sites (N-methyl/N-ethyl adjacent to an activating group) is 1. The molecular weight excluding hydrogens is 166 g/mol. The second kappa shape index (κ2) is 4.91. The van der Waals surface area contributed by atoms with Gasteiger partial charge in [0, 0.05) is 25.7 Å². The van der Waals surface area contributed by atoms with Crippen molar-refractivity contribution in [1.29, 1.82) is 0 Å². The summed E-state index contributed by atoms with van der Waals surface area (Å²) in [5.74, 6) is 0. The van der Waals surface area contributed by atoms with E-state index in [0.717, 1.165) is 19.6 Å². The van der Waals surface area contributed by atoms with Crippen molar-refractivity contribution < 1.29 is 5.11 Å². The van der Waals surface area contributed by atoms with E-state index in [4.69, 9.17) is 5.73 Å². The Labute approximate surface area is 80.3 Å². The number of aliphatic hydroxyl groups is 1. The SMILES string of the molecule is CN(C)C1CCN(CC(O)CN)C1. The van der Waals surface area contributed by atoms with Crippen molar-refractivity contribution in [3.8, 4) is 0 Å². The molecule has 0 aliphatic carbocycles. The number of nitrogens with two attached hydrogens (primary N) is 1. The van der Waals surface area contributed by atoms with Crippen LogP contribution in [-0.4, -0.2) is 67.3 Å². The molecule has 1 saturated heterocycles. The smallest absolute Gasteiger partial charge is 0.0789 e. The Morgan fingerprint density at radius 2 is 2.31 bits per heavy atom. The number of rotatable bonds is 4. The second-order valence-corrected chi connectivity index (χ2v) is 4.06. The Morgan fingerprint density at radius 3 is 2.77 bits per heavy atom. The quantitative estimate of drug-likeness (QED) is 0.589. The number of likely N-dealkylation sites (tertiary alicyclic amines) is 1. The molecule has 0 aromatic heterocycles. The van der Waals surface area contributed by atoms with Crippen LogP contribution in [0, 0.1) is 0 Å². The zero-order chi connectivity index (χ0) is 9.84. The molecule has 1 fully saturated rings. The largest absolute Gasteiger partial charge is 0.390 e. The van der Waals surface area contributed by atoms with Gasteiger partial charge < -0.3 is 15.7 Å². The van der Waals surface area contributed by atoms with Gasteiger partial charge in [0.1, 0.15) is 0 Å². The summed E-state index contributed by atoms with van der Waals surface area (Å²) in [5, 5.41) is 9.36. The van der Waals surface area contributed by atoms with Gasteiger partial charge in [-0.15, -0.1) is 0 Å². The molecule has 1 heterocycles. The highest BCUT2D eigenvalue weighted by Gasteiger charge is 2.24. The van der Waals surface area contributed by atoms with Crippen LogP contribution >= 0.6 is 0 Å². The Kier molecular flexibility index (Phi) is 4.12. The van der Waals surface area contributed by atoms with Crippen LogP contribution in [0.1, 0.15) is 6.42 Å². The summed E-state index contributed by atoms with van der Waals surface area (Å²) in [5.41, 5.74) is 5.36. The standard InChI is InChI=1S/C9H21N3O/c1-11(2)8-3-4-12(6-8)7-9(13)5-10/h8-9,13H,3-7,10H2,1-2H3. The van der Waals surface area contributed by atoms with Gasteiger partial charge in [-0.05, 0) is 27.1 Å². The van der Waals surface area contributed by atoms with Crippen molar-refractivity contribution in [2.24, 2.45) is 5.73 Å². The molecular formula is C9H21N3O. The molecule has 0 aromatic carbocycles. The minimum atomic E-state index is -0.360. The van der Waals surface area contributed by atoms with E-state index in [2.05, 4.69) is 23.9 Å². The lowest BCUT2D eigenvalue weighted by molar-refractivity contribution is 0.127. The fourth-order valence-electron chi connectivity index (χ4n) is 1.77. The van der Waals surface area contributed by atoms with Gasteiger partial charge in [-0.2, -0.15) is 0 Å². The van der Waals surface area contributed by atoms with Crippen molar-refractivity contribution in [2.45, 2.75) is 18.6 Å². The molecule has 1 aliphatic heterocycles. The molecule has 4 heteroatoms. The zero-order valence-corrected chi connectivity index (χ0v) is 8.61. The van der Waals surface area contributed by atoms with E-state index < -0.39 is 0 Å². The summed E-state index contributed by atoms with van der Waals surface area (Å²) in [6.07, 6.45) is 0.838. The van der Waals surface area contributed by atoms with Gasteiger partial charge in [0.05, 0.1) is 6.10 Å². The molecule has 2 unspecified atom stereocenters. The minimum Gasteiger partial charge on any atom is -0.390 e. The molecule has 3 N–H and O–H groups in total. The Morgan fingerprint density at radius 1 is 1.62 bits per heavy atom. The molecule has 0 amide bonds. The number of aliphatic hydroxyl groups excluding tert-OH is 1. The van der Waals surface area contributed by atoms with Gasteiger partial charge in [-0.3, -0.25) is 4.90 Å². The molecule has 0 aromatic rings. The lowest BCUT2D eigenvalue weighted by Gasteiger charge is -2.21. The predicted molar refractivity (Wildman–Crippen MR) is 53.6 cm³/mol. The maximum atomic E-state index is 9.36. The average Bonchev–Trinajstić information content (AvgIpc) is 2.52. The number of β-amino-alcohol motifs (C(OH)–C–C–N with tert-alkyl or cyclic N) is 1. The Bertz CT molecular complexity index is 152. The van der Waals surface area contributed by atoms with E-state index >= 15 is 0 Å². The summed E-state index contributed by atoms with van der Waals surface area (Å²) in [6, 6.07) is 0.643. The second-order valence-electron chi connectivity index (χ2n) is 4.06. The van der Waals surface area contributed by atoms with E-state index in [1.165, 1.54) is 6.42 Å². The van der Waals surface area contributed by atoms with Crippen LogP contribution in [0.25, 0.3) is 0 Å². The summed E-state index contributed by atoms with van der Waals surface area (Å²) < 4.78 is 0. The number of hydrogen-bond acceptors (Lipinski definition) is 4. The minimum absolute atomic E-state index is 0.360. The van der Waals surface area contributed by atoms with Gasteiger partial charge in [0.2, 0.25) is 0 Å². The third-order valence-electron chi connectivity index (χ3n) is 2.72. The average molecular weight is 187 g/mol. The molecule has 0 saturated carbocycles. The summed E-state index contributed by atoms with van der Waals surface area (Å²) in [7, 11) is 4.21. The van der Waals surface area contributed by atoms with Crippen molar-refractivity contribution in [1.82, 2.24) is 9.80 Å². The lowest BCUT2D eigenvalue weighted by atomic mass is 10.2. The van der Waals surface area contributed by atoms with Crippen LogP contribution in [0.4, 0.5) is 0 Å². The van der Waals surface area contributed by atoms with Crippen molar-refractivity contribution in [3.05, 3.63) is 0 Å². The molecule has 78 valence electrons. The lowest BCUT2D eigenvalue weighted by Crippen LogP contribution is -2.37. The third-order valence-corrected chi connectivity index (χ3v) is 2.72. The molecule has 1 aliphatic rings. The third kappa shape index (κ3) is 3.23. The number of hydrogen-bond donors (Lipinski definition) is 2. The molecule has 0 bridgehead atoms. The maximum absolute atomic E-state index is 9.36. The van der Waals surface area contributed by atoms with Crippen LogP contribution in [0.2, 0.25) is 0 Å². The number of nitrogens with zero attached hydrogens (tertiary/aromatic N) is 2. The van der Waals surface area contributed by atoms with E-state index in [1.807, 2.05) is 0 Å². The summed E-state index contributed by atoms with van der Waals surface area (Å²) in [6.45, 7) is 3.23. The monoisotopic (exact) mass is 187 g/mol. The fraction of sp³-hybridized carbons (Fsp3) is 1.00. The van der Waals surface area contributed by atoms with Gasteiger partial charge >= 0.3 is 0 Å². The molecule has 0 spiro atoms. The highest BCUT2D eigenvalue weighted by Crippen LogP contribution is 2.12. The van der Waals surface area contributed by atoms with Crippen molar-refractivity contribution in [3.63, 3.8) is 0 Å². The first-order chi connectivity index (χ1) is 6.13. The van der Waals surface area contributed by atoms with Crippen LogP contribution in [-0.2, 0) is 0 Å². The van der Waals surface area contributed by atoms with Gasteiger partial charge in [0.25, 0.3) is 0 Å². The van der Waals surface area contributed by atoms with Crippen LogP contribution in [0.5, 0.6) is 0 Å². The van der Waals surface area contributed by atoms with Crippen LogP contribution < -0.4 is 5.73 Å². The van der Waals surface area contributed by atoms with E-state index in [9.17, 15) is 5.11 Å². The maximum Gasteiger partial charge on any atom is 0.0789 e. The first kappa shape index (κ1) is 10.9. The van der Waals surface area contributed by atoms with E-state index in [0.29, 0.717) is 12.6 Å². The van der Waals surface area contributed by atoms with Crippen LogP contribution in [0.3, 0.4) is 0 Å². The first-order valence-corrected chi connectivity index (χ1v) is 4.90.